The average Bonchev–Trinajstić information content (AvgIpc) is 2.73. The van der Waals surface area contributed by atoms with Gasteiger partial charge in [0.2, 0.25) is 15.8 Å². The number of Topliss-reactive ketones (excluding diaryl/α,β-unsaturated/α-hetero) is 1. The van der Waals surface area contributed by atoms with Crippen molar-refractivity contribution < 1.29 is 27.5 Å². The van der Waals surface area contributed by atoms with Crippen molar-refractivity contribution in [1.82, 2.24) is 4.31 Å². The third kappa shape index (κ3) is 5.63. The molecule has 0 amide bonds. The maximum atomic E-state index is 13.2. The predicted molar refractivity (Wildman–Crippen MR) is 125 cm³/mol. The first-order chi connectivity index (χ1) is 15.4. The van der Waals surface area contributed by atoms with Gasteiger partial charge in [-0.2, -0.15) is 4.31 Å². The van der Waals surface area contributed by atoms with Crippen molar-refractivity contribution in [2.24, 2.45) is 0 Å². The van der Waals surface area contributed by atoms with E-state index in [1.54, 1.807) is 19.9 Å². The van der Waals surface area contributed by atoms with Gasteiger partial charge in [-0.15, -0.1) is 0 Å². The molecular weight excluding hydrogens is 466 g/mol. The van der Waals surface area contributed by atoms with E-state index in [9.17, 15) is 18.0 Å². The minimum atomic E-state index is -3.96. The number of hydrogen-bond donors (Lipinski definition) is 0. The van der Waals surface area contributed by atoms with Gasteiger partial charge in [0, 0.05) is 18.7 Å². The molecule has 2 atom stereocenters. The second-order valence-electron chi connectivity index (χ2n) is 8.48. The van der Waals surface area contributed by atoms with Crippen molar-refractivity contribution >= 4 is 33.4 Å². The van der Waals surface area contributed by atoms with E-state index in [0.29, 0.717) is 5.56 Å². The molecule has 0 N–H and O–H groups in total. The van der Waals surface area contributed by atoms with E-state index in [1.807, 2.05) is 26.8 Å². The number of rotatable bonds is 6. The Bertz CT molecular complexity index is 1180. The van der Waals surface area contributed by atoms with E-state index in [2.05, 4.69) is 0 Å². The van der Waals surface area contributed by atoms with E-state index in [1.165, 1.54) is 22.5 Å². The smallest absolute Gasteiger partial charge is 0.338 e. The maximum Gasteiger partial charge on any atom is 0.338 e. The molecule has 2 aromatic carbocycles. The molecular formula is C24H28ClNO6S. The monoisotopic (exact) mass is 493 g/mol. The molecule has 3 rings (SSSR count). The Hall–Kier alpha value is -2.26. The molecule has 1 aliphatic rings. The summed E-state index contributed by atoms with van der Waals surface area (Å²) in [5, 5.41) is 0.000166. The lowest BCUT2D eigenvalue weighted by atomic mass is 9.98. The Morgan fingerprint density at radius 3 is 2.27 bits per heavy atom. The highest BCUT2D eigenvalue weighted by molar-refractivity contribution is 7.89. The summed E-state index contributed by atoms with van der Waals surface area (Å²) < 4.78 is 38.5. The van der Waals surface area contributed by atoms with Gasteiger partial charge in [-0.1, -0.05) is 17.7 Å². The van der Waals surface area contributed by atoms with Crippen LogP contribution in [0.3, 0.4) is 0 Å². The van der Waals surface area contributed by atoms with E-state index in [0.717, 1.165) is 16.7 Å². The van der Waals surface area contributed by atoms with Gasteiger partial charge in [0.15, 0.2) is 6.61 Å². The summed E-state index contributed by atoms with van der Waals surface area (Å²) >= 11 is 6.19. The van der Waals surface area contributed by atoms with Crippen LogP contribution >= 0.6 is 11.6 Å². The van der Waals surface area contributed by atoms with Gasteiger partial charge in [-0.05, 0) is 75.6 Å². The Labute approximate surface area is 199 Å². The number of halogens is 1. The summed E-state index contributed by atoms with van der Waals surface area (Å²) in [5.41, 5.74) is 3.32. The maximum absolute atomic E-state index is 13.2. The summed E-state index contributed by atoms with van der Waals surface area (Å²) in [7, 11) is -3.96. The number of hydrogen-bond acceptors (Lipinski definition) is 6. The summed E-state index contributed by atoms with van der Waals surface area (Å²) in [6.07, 6.45) is -0.536. The molecule has 7 nitrogen and oxygen atoms in total. The van der Waals surface area contributed by atoms with E-state index in [-0.39, 0.29) is 46.6 Å². The average molecular weight is 494 g/mol. The summed E-state index contributed by atoms with van der Waals surface area (Å²) in [4.78, 5) is 25.0. The fourth-order valence-corrected chi connectivity index (χ4v) is 5.94. The SMILES string of the molecule is Cc1cc(C)c(C(=O)COC(=O)c2ccc(Cl)c(S(=O)(=O)N3C[C@@H](C)O[C@H](C)C3)c2)cc1C. The van der Waals surface area contributed by atoms with Crippen molar-refractivity contribution in [2.75, 3.05) is 19.7 Å². The Kier molecular flexibility index (Phi) is 7.63. The lowest BCUT2D eigenvalue weighted by molar-refractivity contribution is -0.0440. The number of carbonyl (C=O) groups is 2. The first kappa shape index (κ1) is 25.4. The van der Waals surface area contributed by atoms with Crippen LogP contribution in [-0.2, 0) is 19.5 Å². The van der Waals surface area contributed by atoms with Gasteiger partial charge in [0.1, 0.15) is 4.90 Å². The van der Waals surface area contributed by atoms with Gasteiger partial charge < -0.3 is 9.47 Å². The number of ketones is 1. The molecule has 9 heteroatoms. The van der Waals surface area contributed by atoms with Crippen LogP contribution in [0.2, 0.25) is 5.02 Å². The van der Waals surface area contributed by atoms with E-state index >= 15 is 0 Å². The number of benzene rings is 2. The first-order valence-electron chi connectivity index (χ1n) is 10.6. The third-order valence-electron chi connectivity index (χ3n) is 5.65. The molecule has 2 aromatic rings. The topological polar surface area (TPSA) is 90.0 Å². The van der Waals surface area contributed by atoms with Crippen molar-refractivity contribution in [3.63, 3.8) is 0 Å². The fourth-order valence-electron chi connectivity index (χ4n) is 3.85. The molecule has 0 radical (unpaired) electrons. The number of aryl methyl sites for hydroxylation is 3. The lowest BCUT2D eigenvalue weighted by Gasteiger charge is -2.34. The van der Waals surface area contributed by atoms with E-state index in [4.69, 9.17) is 21.1 Å². The molecule has 1 aliphatic heterocycles. The fraction of sp³-hybridized carbons (Fsp3) is 0.417. The van der Waals surface area contributed by atoms with Crippen LogP contribution in [0.1, 0.15) is 51.3 Å². The van der Waals surface area contributed by atoms with Gasteiger partial charge in [-0.3, -0.25) is 4.79 Å². The van der Waals surface area contributed by atoms with Gasteiger partial charge in [-0.25, -0.2) is 13.2 Å². The molecule has 1 saturated heterocycles. The number of morpholine rings is 1. The Morgan fingerprint density at radius 2 is 1.64 bits per heavy atom. The van der Waals surface area contributed by atoms with Crippen LogP contribution in [-0.4, -0.2) is 56.4 Å². The van der Waals surface area contributed by atoms with Crippen LogP contribution in [0.15, 0.2) is 35.2 Å². The summed E-state index contributed by atoms with van der Waals surface area (Å²) in [5.74, 6) is -1.14. The Balaban J connectivity index is 1.78. The standard InChI is InChI=1S/C24H28ClNO6S/c1-14-8-16(3)20(9-15(14)2)22(27)13-31-24(28)19-6-7-21(25)23(10-19)33(29,30)26-11-17(4)32-18(5)12-26/h6-10,17-18H,11-13H2,1-5H3/t17-,18-/m1/s1. The van der Waals surface area contributed by atoms with E-state index < -0.39 is 22.6 Å². The molecule has 0 unspecified atom stereocenters. The number of sulfonamides is 1. The molecule has 1 heterocycles. The highest BCUT2D eigenvalue weighted by Gasteiger charge is 2.34. The van der Waals surface area contributed by atoms with Crippen molar-refractivity contribution in [3.8, 4) is 0 Å². The normalized spacial score (nSPS) is 19.3. The zero-order valence-corrected chi connectivity index (χ0v) is 20.9. The largest absolute Gasteiger partial charge is 0.454 e. The van der Waals surface area contributed by atoms with Gasteiger partial charge in [0.25, 0.3) is 0 Å². The molecule has 1 fully saturated rings. The zero-order chi connectivity index (χ0) is 24.5. The second-order valence-corrected chi connectivity index (χ2v) is 10.8. The minimum absolute atomic E-state index is 0.000166. The first-order valence-corrected chi connectivity index (χ1v) is 12.4. The number of ether oxygens (including phenoxy) is 2. The van der Waals surface area contributed by atoms with Crippen LogP contribution < -0.4 is 0 Å². The van der Waals surface area contributed by atoms with Crippen molar-refractivity contribution in [1.29, 1.82) is 0 Å². The van der Waals surface area contributed by atoms with Crippen LogP contribution in [0.5, 0.6) is 0 Å². The van der Waals surface area contributed by atoms with Gasteiger partial charge >= 0.3 is 5.97 Å². The molecule has 0 bridgehead atoms. The Morgan fingerprint density at radius 1 is 1.03 bits per heavy atom. The number of carbonyl (C=O) groups excluding carboxylic acids is 2. The molecule has 0 aromatic heterocycles. The zero-order valence-electron chi connectivity index (χ0n) is 19.3. The highest BCUT2D eigenvalue weighted by atomic mass is 35.5. The predicted octanol–water partition coefficient (Wildman–Crippen LogP) is 4.10. The second kappa shape index (κ2) is 9.93. The summed E-state index contributed by atoms with van der Waals surface area (Å²) in [6, 6.07) is 7.59. The quantitative estimate of drug-likeness (QED) is 0.444. The molecule has 33 heavy (non-hydrogen) atoms. The van der Waals surface area contributed by atoms with Crippen molar-refractivity contribution in [2.45, 2.75) is 51.7 Å². The molecule has 0 aliphatic carbocycles. The van der Waals surface area contributed by atoms with Crippen molar-refractivity contribution in [3.05, 3.63) is 63.2 Å². The lowest BCUT2D eigenvalue weighted by Crippen LogP contribution is -2.48. The van der Waals surface area contributed by atoms with Gasteiger partial charge in [0.05, 0.1) is 22.8 Å². The molecule has 178 valence electrons. The molecule has 0 saturated carbocycles. The number of nitrogens with zero attached hydrogens (tertiary/aromatic N) is 1. The number of esters is 1. The molecule has 0 spiro atoms. The highest BCUT2D eigenvalue weighted by Crippen LogP contribution is 2.28. The summed E-state index contributed by atoms with van der Waals surface area (Å²) in [6.45, 7) is 9.19. The third-order valence-corrected chi connectivity index (χ3v) is 7.96. The van der Waals surface area contributed by atoms with Crippen LogP contribution in [0.25, 0.3) is 0 Å². The van der Waals surface area contributed by atoms with Crippen LogP contribution in [0.4, 0.5) is 0 Å². The minimum Gasteiger partial charge on any atom is -0.454 e. The van der Waals surface area contributed by atoms with Crippen LogP contribution in [0, 0.1) is 20.8 Å².